The van der Waals surface area contributed by atoms with Crippen LogP contribution in [0.15, 0.2) is 24.3 Å². The van der Waals surface area contributed by atoms with E-state index in [-0.39, 0.29) is 11.9 Å². The summed E-state index contributed by atoms with van der Waals surface area (Å²) in [6, 6.07) is 5.12. The van der Waals surface area contributed by atoms with Gasteiger partial charge in [-0.1, -0.05) is 37.8 Å². The number of halogens is 3. The number of methoxy groups -OCH3 is 1. The monoisotopic (exact) mass is 516 g/mol. The molecule has 2 N–H and O–H groups in total. The van der Waals surface area contributed by atoms with Gasteiger partial charge in [0, 0.05) is 13.1 Å². The zero-order valence-corrected chi connectivity index (χ0v) is 20.8. The van der Waals surface area contributed by atoms with Gasteiger partial charge in [0.2, 0.25) is 5.82 Å². The highest BCUT2D eigenvalue weighted by atomic mass is 19.4. The normalized spacial score (nSPS) is 18.5. The fraction of sp³-hybridized carbons (Fsp3) is 0.538. The number of piperidine rings is 1. The second-order valence-corrected chi connectivity index (χ2v) is 9.83. The highest BCUT2D eigenvalue weighted by molar-refractivity contribution is 5.91. The molecule has 2 aliphatic rings. The minimum atomic E-state index is -4.40. The lowest BCUT2D eigenvalue weighted by molar-refractivity contribution is -0.137. The van der Waals surface area contributed by atoms with Crippen molar-refractivity contribution >= 4 is 23.0 Å². The number of carbonyl (C=O) groups excluding carboxylic acids is 1. The van der Waals surface area contributed by atoms with Crippen molar-refractivity contribution in [2.24, 2.45) is 5.92 Å². The smallest absolute Gasteiger partial charge is 0.416 e. The molecule has 37 heavy (non-hydrogen) atoms. The molecule has 1 unspecified atom stereocenters. The minimum absolute atomic E-state index is 0.0400. The molecule has 2 aromatic heterocycles. The molecule has 5 rings (SSSR count). The third kappa shape index (κ3) is 5.56. The third-order valence-corrected chi connectivity index (χ3v) is 7.31. The molecule has 3 heterocycles. The highest BCUT2D eigenvalue weighted by Crippen LogP contribution is 2.33. The number of ether oxygens (including phenoxy) is 1. The van der Waals surface area contributed by atoms with Crippen molar-refractivity contribution in [1.82, 2.24) is 24.8 Å². The highest BCUT2D eigenvalue weighted by Gasteiger charge is 2.30. The van der Waals surface area contributed by atoms with Crippen LogP contribution >= 0.6 is 0 Å². The molecule has 0 spiro atoms. The summed E-state index contributed by atoms with van der Waals surface area (Å²) in [5.41, 5.74) is 0.992. The van der Waals surface area contributed by atoms with Crippen LogP contribution in [0.4, 0.5) is 19.0 Å². The number of nitrogens with zero attached hydrogens (tertiary/aromatic N) is 4. The summed E-state index contributed by atoms with van der Waals surface area (Å²) in [6.45, 7) is 1.82. The standard InChI is InChI=1S/C26H31F3N6O2/c1-37-25(36)23-32-21(31-14-12-16-5-4-6-16)20-22(33-23)34-24(19-7-2-3-13-30-19)35(20)15-17-8-10-18(11-9-17)26(27,28)29/h8-11,16,19,30H,2-7,12-15H2,1H3,(H,31,32,33). The maximum absolute atomic E-state index is 13.1. The molecule has 8 nitrogen and oxygen atoms in total. The Morgan fingerprint density at radius 3 is 2.51 bits per heavy atom. The van der Waals surface area contributed by atoms with Crippen LogP contribution in [0.2, 0.25) is 0 Å². The van der Waals surface area contributed by atoms with Crippen LogP contribution in [-0.4, -0.2) is 45.7 Å². The Kier molecular flexibility index (Phi) is 7.32. The minimum Gasteiger partial charge on any atom is -0.463 e. The lowest BCUT2D eigenvalue weighted by atomic mass is 9.83. The molecule has 1 aromatic carbocycles. The van der Waals surface area contributed by atoms with Crippen LogP contribution in [-0.2, 0) is 17.5 Å². The van der Waals surface area contributed by atoms with Crippen molar-refractivity contribution in [2.75, 3.05) is 25.5 Å². The summed E-state index contributed by atoms with van der Waals surface area (Å²) in [4.78, 5) is 26.0. The van der Waals surface area contributed by atoms with Crippen molar-refractivity contribution < 1.29 is 22.7 Å². The van der Waals surface area contributed by atoms with E-state index in [0.717, 1.165) is 50.2 Å². The number of benzene rings is 1. The second kappa shape index (κ2) is 10.6. The number of hydrogen-bond acceptors (Lipinski definition) is 7. The Labute approximate surface area is 213 Å². The lowest BCUT2D eigenvalue weighted by Gasteiger charge is -2.25. The van der Waals surface area contributed by atoms with E-state index in [1.807, 2.05) is 4.57 Å². The molecule has 2 fully saturated rings. The first kappa shape index (κ1) is 25.4. The number of fused-ring (bicyclic) bond motifs is 1. The van der Waals surface area contributed by atoms with E-state index < -0.39 is 17.7 Å². The van der Waals surface area contributed by atoms with Crippen LogP contribution in [0.5, 0.6) is 0 Å². The molecule has 1 atom stereocenters. The molecule has 0 bridgehead atoms. The van der Waals surface area contributed by atoms with Gasteiger partial charge in [0.1, 0.15) is 11.3 Å². The summed E-state index contributed by atoms with van der Waals surface area (Å²) in [7, 11) is 1.28. The quantitative estimate of drug-likeness (QED) is 0.403. The Balaban J connectivity index is 1.57. The van der Waals surface area contributed by atoms with Gasteiger partial charge in [-0.3, -0.25) is 0 Å². The molecular weight excluding hydrogens is 485 g/mol. The van der Waals surface area contributed by atoms with Gasteiger partial charge < -0.3 is 19.9 Å². The van der Waals surface area contributed by atoms with E-state index in [2.05, 4.69) is 20.6 Å². The van der Waals surface area contributed by atoms with Gasteiger partial charge in [0.05, 0.1) is 18.7 Å². The Bertz CT molecular complexity index is 1250. The van der Waals surface area contributed by atoms with Gasteiger partial charge in [-0.2, -0.15) is 13.2 Å². The van der Waals surface area contributed by atoms with E-state index in [1.54, 1.807) is 0 Å². The van der Waals surface area contributed by atoms with Crippen molar-refractivity contribution in [2.45, 2.75) is 63.7 Å². The van der Waals surface area contributed by atoms with Crippen LogP contribution in [0.3, 0.4) is 0 Å². The van der Waals surface area contributed by atoms with E-state index in [1.165, 1.54) is 38.5 Å². The molecule has 1 aliphatic heterocycles. The fourth-order valence-electron chi connectivity index (χ4n) is 5.01. The molecule has 198 valence electrons. The maximum Gasteiger partial charge on any atom is 0.416 e. The first-order chi connectivity index (χ1) is 17.8. The first-order valence-corrected chi connectivity index (χ1v) is 12.8. The largest absolute Gasteiger partial charge is 0.463 e. The van der Waals surface area contributed by atoms with Crippen LogP contribution in [0, 0.1) is 5.92 Å². The van der Waals surface area contributed by atoms with E-state index >= 15 is 0 Å². The Hall–Kier alpha value is -3.21. The number of alkyl halides is 3. The van der Waals surface area contributed by atoms with Crippen molar-refractivity contribution in [3.05, 3.63) is 47.0 Å². The first-order valence-electron chi connectivity index (χ1n) is 12.8. The van der Waals surface area contributed by atoms with Gasteiger partial charge in [-0.05, 0) is 49.4 Å². The van der Waals surface area contributed by atoms with Crippen LogP contribution < -0.4 is 10.6 Å². The van der Waals surface area contributed by atoms with Gasteiger partial charge in [0.25, 0.3) is 0 Å². The average molecular weight is 517 g/mol. The number of imidazole rings is 1. The number of aromatic nitrogens is 4. The van der Waals surface area contributed by atoms with Crippen molar-refractivity contribution in [3.8, 4) is 0 Å². The van der Waals surface area contributed by atoms with Crippen molar-refractivity contribution in [3.63, 3.8) is 0 Å². The number of esters is 1. The predicted octanol–water partition coefficient (Wildman–Crippen LogP) is 5.10. The number of nitrogens with one attached hydrogen (secondary N) is 2. The number of rotatable bonds is 8. The van der Waals surface area contributed by atoms with E-state index in [9.17, 15) is 18.0 Å². The maximum atomic E-state index is 13.1. The summed E-state index contributed by atoms with van der Waals surface area (Å²) < 4.78 is 46.2. The third-order valence-electron chi connectivity index (χ3n) is 7.31. The molecule has 1 saturated heterocycles. The summed E-state index contributed by atoms with van der Waals surface area (Å²) in [5, 5.41) is 6.89. The molecule has 0 radical (unpaired) electrons. The molecule has 3 aromatic rings. The van der Waals surface area contributed by atoms with Gasteiger partial charge >= 0.3 is 12.1 Å². The second-order valence-electron chi connectivity index (χ2n) is 9.83. The van der Waals surface area contributed by atoms with Gasteiger partial charge in [-0.25, -0.2) is 19.7 Å². The molecule has 1 aliphatic carbocycles. The zero-order valence-electron chi connectivity index (χ0n) is 20.8. The molecule has 0 amide bonds. The topological polar surface area (TPSA) is 94.0 Å². The van der Waals surface area contributed by atoms with Crippen LogP contribution in [0.1, 0.15) is 78.6 Å². The van der Waals surface area contributed by atoms with Gasteiger partial charge in [-0.15, -0.1) is 0 Å². The molecular formula is C26H31F3N6O2. The average Bonchev–Trinajstić information content (AvgIpc) is 3.23. The summed E-state index contributed by atoms with van der Waals surface area (Å²) in [5.74, 6) is 1.16. The zero-order chi connectivity index (χ0) is 26.0. The lowest BCUT2D eigenvalue weighted by Crippen LogP contribution is -2.29. The summed E-state index contributed by atoms with van der Waals surface area (Å²) in [6.07, 6.45) is 3.26. The van der Waals surface area contributed by atoms with Crippen LogP contribution in [0.25, 0.3) is 11.2 Å². The van der Waals surface area contributed by atoms with E-state index in [4.69, 9.17) is 9.72 Å². The molecule has 1 saturated carbocycles. The van der Waals surface area contributed by atoms with Gasteiger partial charge in [0.15, 0.2) is 11.5 Å². The SMILES string of the molecule is COC(=O)c1nc(NCCC2CCC2)c2c(n1)nc(C1CCCCN1)n2Cc1ccc(C(F)(F)F)cc1. The number of carbonyl (C=O) groups is 1. The summed E-state index contributed by atoms with van der Waals surface area (Å²) >= 11 is 0. The predicted molar refractivity (Wildman–Crippen MR) is 132 cm³/mol. The Morgan fingerprint density at radius 2 is 1.89 bits per heavy atom. The van der Waals surface area contributed by atoms with Crippen molar-refractivity contribution in [1.29, 1.82) is 0 Å². The fourth-order valence-corrected chi connectivity index (χ4v) is 5.01. The number of anilines is 1. The Morgan fingerprint density at radius 1 is 1.11 bits per heavy atom. The molecule has 11 heteroatoms. The number of hydrogen-bond donors (Lipinski definition) is 2. The van der Waals surface area contributed by atoms with E-state index in [0.29, 0.717) is 41.6 Å².